The maximum atomic E-state index is 12.4. The van der Waals surface area contributed by atoms with Gasteiger partial charge in [0, 0.05) is 43.5 Å². The van der Waals surface area contributed by atoms with Crippen LogP contribution < -0.4 is 14.8 Å². The van der Waals surface area contributed by atoms with Crippen molar-refractivity contribution in [3.63, 3.8) is 0 Å². The maximum Gasteiger partial charge on any atom is 0.293 e. The number of nitrogens with one attached hydrogen (secondary N) is 1. The molecule has 0 bridgehead atoms. The molecule has 126 valence electrons. The van der Waals surface area contributed by atoms with Crippen molar-refractivity contribution in [2.45, 2.75) is 19.9 Å². The number of benzene rings is 1. The maximum absolute atomic E-state index is 12.4. The Kier molecular flexibility index (Phi) is 5.11. The summed E-state index contributed by atoms with van der Waals surface area (Å²) in [6.45, 7) is 7.28. The molecule has 1 saturated heterocycles. The van der Waals surface area contributed by atoms with Gasteiger partial charge in [-0.25, -0.2) is 0 Å². The number of anilines is 2. The Morgan fingerprint density at radius 1 is 1.12 bits per heavy atom. The Labute approximate surface area is 142 Å². The van der Waals surface area contributed by atoms with Crippen LogP contribution >= 0.6 is 0 Å². The topological polar surface area (TPSA) is 45.5 Å². The Morgan fingerprint density at radius 2 is 1.75 bits per heavy atom. The van der Waals surface area contributed by atoms with E-state index < -0.39 is 0 Å². The van der Waals surface area contributed by atoms with E-state index in [1.54, 1.807) is 0 Å². The standard InChI is InChI=1S/C19H23N3O2/c1-15-7-9-21(10-8-15)16(2)19(23)20-17-3-5-18(6-4-17)22-11-13-24-14-12-22/h3-10,16H,11-14H2,1-2H3/p+1/t16-/m1/s1. The highest BCUT2D eigenvalue weighted by Crippen LogP contribution is 2.19. The van der Waals surface area contributed by atoms with Gasteiger partial charge in [-0.2, -0.15) is 4.57 Å². The van der Waals surface area contributed by atoms with E-state index in [1.807, 2.05) is 67.2 Å². The minimum atomic E-state index is -0.260. The van der Waals surface area contributed by atoms with E-state index in [1.165, 1.54) is 5.56 Å². The van der Waals surface area contributed by atoms with Crippen molar-refractivity contribution in [2.75, 3.05) is 36.5 Å². The van der Waals surface area contributed by atoms with Gasteiger partial charge in [-0.3, -0.25) is 4.79 Å². The van der Waals surface area contributed by atoms with Crippen molar-refractivity contribution < 1.29 is 14.1 Å². The first kappa shape index (κ1) is 16.5. The zero-order chi connectivity index (χ0) is 16.9. The van der Waals surface area contributed by atoms with Gasteiger partial charge in [-0.05, 0) is 36.8 Å². The highest BCUT2D eigenvalue weighted by molar-refractivity contribution is 5.92. The average Bonchev–Trinajstić information content (AvgIpc) is 2.63. The normalized spacial score (nSPS) is 15.8. The third-order valence-electron chi connectivity index (χ3n) is 4.36. The number of amides is 1. The van der Waals surface area contributed by atoms with Gasteiger partial charge in [0.05, 0.1) is 13.2 Å². The predicted octanol–water partition coefficient (Wildman–Crippen LogP) is 2.32. The molecule has 1 aliphatic rings. The van der Waals surface area contributed by atoms with E-state index >= 15 is 0 Å². The molecule has 5 nitrogen and oxygen atoms in total. The first-order valence-corrected chi connectivity index (χ1v) is 8.34. The lowest BCUT2D eigenvalue weighted by atomic mass is 10.2. The number of nitrogens with zero attached hydrogens (tertiary/aromatic N) is 2. The van der Waals surface area contributed by atoms with Crippen molar-refractivity contribution >= 4 is 17.3 Å². The summed E-state index contributed by atoms with van der Waals surface area (Å²) < 4.78 is 7.28. The molecule has 5 heteroatoms. The van der Waals surface area contributed by atoms with Crippen LogP contribution in [0.2, 0.25) is 0 Å². The van der Waals surface area contributed by atoms with Gasteiger partial charge in [-0.15, -0.1) is 0 Å². The molecule has 1 amide bonds. The van der Waals surface area contributed by atoms with E-state index in [0.717, 1.165) is 37.7 Å². The molecule has 1 aromatic carbocycles. The summed E-state index contributed by atoms with van der Waals surface area (Å²) in [7, 11) is 0. The van der Waals surface area contributed by atoms with Crippen molar-refractivity contribution in [3.05, 3.63) is 54.4 Å². The minimum absolute atomic E-state index is 0.0250. The number of pyridine rings is 1. The number of aromatic nitrogens is 1. The van der Waals surface area contributed by atoms with Gasteiger partial charge in [0.25, 0.3) is 5.91 Å². The molecule has 3 rings (SSSR count). The molecule has 0 radical (unpaired) electrons. The van der Waals surface area contributed by atoms with Crippen LogP contribution in [-0.2, 0) is 9.53 Å². The molecule has 2 heterocycles. The van der Waals surface area contributed by atoms with Crippen LogP contribution in [-0.4, -0.2) is 32.2 Å². The van der Waals surface area contributed by atoms with Gasteiger partial charge >= 0.3 is 0 Å². The molecule has 1 aliphatic heterocycles. The molecule has 1 fully saturated rings. The number of hydrogen-bond acceptors (Lipinski definition) is 3. The Balaban J connectivity index is 1.62. The number of carbonyl (C=O) groups is 1. The first-order chi connectivity index (χ1) is 11.6. The minimum Gasteiger partial charge on any atom is -0.378 e. The van der Waals surface area contributed by atoms with Crippen molar-refractivity contribution in [1.29, 1.82) is 0 Å². The number of morpholine rings is 1. The number of aryl methyl sites for hydroxylation is 1. The lowest BCUT2D eigenvalue weighted by Crippen LogP contribution is -2.43. The van der Waals surface area contributed by atoms with Gasteiger partial charge in [0.2, 0.25) is 6.04 Å². The highest BCUT2D eigenvalue weighted by Gasteiger charge is 2.21. The molecule has 24 heavy (non-hydrogen) atoms. The molecule has 0 unspecified atom stereocenters. The summed E-state index contributed by atoms with van der Waals surface area (Å²) in [6, 6.07) is 11.7. The van der Waals surface area contributed by atoms with Gasteiger partial charge < -0.3 is 15.0 Å². The third-order valence-corrected chi connectivity index (χ3v) is 4.36. The Hall–Kier alpha value is -2.40. The summed E-state index contributed by atoms with van der Waals surface area (Å²) in [4.78, 5) is 14.7. The molecule has 0 saturated carbocycles. The monoisotopic (exact) mass is 326 g/mol. The SMILES string of the molecule is Cc1cc[n+]([C@H](C)C(=O)Nc2ccc(N3CCOCC3)cc2)cc1. The molecule has 0 aliphatic carbocycles. The Bertz CT molecular complexity index is 677. The van der Waals surface area contributed by atoms with Gasteiger partial charge in [0.1, 0.15) is 0 Å². The summed E-state index contributed by atoms with van der Waals surface area (Å²) in [5.41, 5.74) is 3.16. The zero-order valence-corrected chi connectivity index (χ0v) is 14.2. The molecule has 1 atom stereocenters. The summed E-state index contributed by atoms with van der Waals surface area (Å²) in [6.07, 6.45) is 3.86. The number of rotatable bonds is 4. The van der Waals surface area contributed by atoms with E-state index in [2.05, 4.69) is 10.2 Å². The fraction of sp³-hybridized carbons (Fsp3) is 0.368. The third kappa shape index (κ3) is 3.92. The molecule has 0 spiro atoms. The summed E-state index contributed by atoms with van der Waals surface area (Å²) in [5, 5.41) is 2.98. The average molecular weight is 326 g/mol. The van der Waals surface area contributed by atoms with Crippen molar-refractivity contribution in [1.82, 2.24) is 0 Å². The molecule has 1 N–H and O–H groups in total. The van der Waals surface area contributed by atoms with Crippen LogP contribution in [0.3, 0.4) is 0 Å². The fourth-order valence-electron chi connectivity index (χ4n) is 2.73. The number of hydrogen-bond donors (Lipinski definition) is 1. The van der Waals surface area contributed by atoms with E-state index in [-0.39, 0.29) is 11.9 Å². The van der Waals surface area contributed by atoms with E-state index in [9.17, 15) is 4.79 Å². The quantitative estimate of drug-likeness (QED) is 0.877. The van der Waals surface area contributed by atoms with Crippen LogP contribution in [0.5, 0.6) is 0 Å². The molecule has 2 aromatic rings. The molecule has 1 aromatic heterocycles. The van der Waals surface area contributed by atoms with Crippen LogP contribution in [0.25, 0.3) is 0 Å². The number of ether oxygens (including phenoxy) is 1. The fourth-order valence-corrected chi connectivity index (χ4v) is 2.73. The van der Waals surface area contributed by atoms with Crippen molar-refractivity contribution in [3.8, 4) is 0 Å². The summed E-state index contributed by atoms with van der Waals surface area (Å²) >= 11 is 0. The largest absolute Gasteiger partial charge is 0.378 e. The lowest BCUT2D eigenvalue weighted by Gasteiger charge is -2.28. The Morgan fingerprint density at radius 3 is 2.38 bits per heavy atom. The van der Waals surface area contributed by atoms with Gasteiger partial charge in [-0.1, -0.05) is 0 Å². The lowest BCUT2D eigenvalue weighted by molar-refractivity contribution is -0.705. The van der Waals surface area contributed by atoms with Crippen LogP contribution in [0.15, 0.2) is 48.8 Å². The second-order valence-corrected chi connectivity index (χ2v) is 6.13. The summed E-state index contributed by atoms with van der Waals surface area (Å²) in [5.74, 6) is -0.0250. The van der Waals surface area contributed by atoms with Crippen LogP contribution in [0.4, 0.5) is 11.4 Å². The molecular weight excluding hydrogens is 302 g/mol. The van der Waals surface area contributed by atoms with Crippen LogP contribution in [0, 0.1) is 6.92 Å². The van der Waals surface area contributed by atoms with Crippen molar-refractivity contribution in [2.24, 2.45) is 0 Å². The van der Waals surface area contributed by atoms with Crippen LogP contribution in [0.1, 0.15) is 18.5 Å². The van der Waals surface area contributed by atoms with Gasteiger partial charge in [0.15, 0.2) is 12.4 Å². The first-order valence-electron chi connectivity index (χ1n) is 8.34. The highest BCUT2D eigenvalue weighted by atomic mass is 16.5. The number of carbonyl (C=O) groups excluding carboxylic acids is 1. The zero-order valence-electron chi connectivity index (χ0n) is 14.2. The smallest absolute Gasteiger partial charge is 0.293 e. The van der Waals surface area contributed by atoms with E-state index in [0.29, 0.717) is 0 Å². The molecular formula is C19H24N3O2+. The van der Waals surface area contributed by atoms with E-state index in [4.69, 9.17) is 4.74 Å². The second-order valence-electron chi connectivity index (χ2n) is 6.13. The second kappa shape index (κ2) is 7.45. The predicted molar refractivity (Wildman–Crippen MR) is 94.2 cm³/mol.